The van der Waals surface area contributed by atoms with Gasteiger partial charge in [-0.25, -0.2) is 4.79 Å². The van der Waals surface area contributed by atoms with Crippen LogP contribution in [0.4, 0.5) is 21.9 Å². The Bertz CT molecular complexity index is 612. The molecule has 1 aliphatic rings. The van der Waals surface area contributed by atoms with Crippen molar-refractivity contribution in [3.8, 4) is 0 Å². The summed E-state index contributed by atoms with van der Waals surface area (Å²) >= 11 is 0. The fourth-order valence-electron chi connectivity index (χ4n) is 2.47. The summed E-state index contributed by atoms with van der Waals surface area (Å²) in [6.45, 7) is 6.69. The Labute approximate surface area is 134 Å². The van der Waals surface area contributed by atoms with Crippen molar-refractivity contribution in [1.82, 2.24) is 5.32 Å². The third kappa shape index (κ3) is 4.48. The van der Waals surface area contributed by atoms with Crippen LogP contribution in [-0.2, 0) is 4.74 Å². The van der Waals surface area contributed by atoms with E-state index in [9.17, 15) is 14.9 Å². The molecular weight excluding hydrogens is 300 g/mol. The quantitative estimate of drug-likeness (QED) is 0.502. The van der Waals surface area contributed by atoms with E-state index in [1.807, 2.05) is 4.90 Å². The standard InChI is InChI=1S/C15H22N4O4/c1-15(2,3)23-14(20)17-10-6-7-18(9-10)11-4-5-12(16)13(8-11)19(21)22/h4-5,8,10H,6-7,9,16H2,1-3H3,(H,17,20)/t10-/m0/s1. The summed E-state index contributed by atoms with van der Waals surface area (Å²) in [7, 11) is 0. The van der Waals surface area contributed by atoms with Crippen molar-refractivity contribution in [2.45, 2.75) is 38.8 Å². The van der Waals surface area contributed by atoms with Crippen LogP contribution >= 0.6 is 0 Å². The molecule has 0 aromatic heterocycles. The van der Waals surface area contributed by atoms with E-state index in [-0.39, 0.29) is 17.4 Å². The second-order valence-electron chi connectivity index (χ2n) is 6.58. The summed E-state index contributed by atoms with van der Waals surface area (Å²) in [5, 5.41) is 13.8. The molecule has 1 aromatic carbocycles. The lowest BCUT2D eigenvalue weighted by molar-refractivity contribution is -0.383. The topological polar surface area (TPSA) is 111 Å². The number of nitro benzene ring substituents is 1. The van der Waals surface area contributed by atoms with Crippen molar-refractivity contribution in [2.24, 2.45) is 0 Å². The van der Waals surface area contributed by atoms with E-state index in [1.54, 1.807) is 26.8 Å². The minimum Gasteiger partial charge on any atom is -0.444 e. The number of carbonyl (C=O) groups is 1. The second-order valence-corrected chi connectivity index (χ2v) is 6.58. The van der Waals surface area contributed by atoms with Gasteiger partial charge >= 0.3 is 6.09 Å². The number of ether oxygens (including phenoxy) is 1. The molecule has 1 aromatic rings. The Morgan fingerprint density at radius 2 is 2.17 bits per heavy atom. The van der Waals surface area contributed by atoms with Gasteiger partial charge in [0.2, 0.25) is 0 Å². The van der Waals surface area contributed by atoms with Gasteiger partial charge in [-0.05, 0) is 39.3 Å². The number of carbonyl (C=O) groups excluding carboxylic acids is 1. The zero-order chi connectivity index (χ0) is 17.2. The van der Waals surface area contributed by atoms with Gasteiger partial charge in [0.05, 0.1) is 11.0 Å². The van der Waals surface area contributed by atoms with Gasteiger partial charge in [0, 0.05) is 24.8 Å². The summed E-state index contributed by atoms with van der Waals surface area (Å²) in [6, 6.07) is 4.69. The molecule has 3 N–H and O–H groups in total. The van der Waals surface area contributed by atoms with Crippen LogP contribution in [0.1, 0.15) is 27.2 Å². The SMILES string of the molecule is CC(C)(C)OC(=O)N[C@H]1CCN(c2ccc(N)c([N+](=O)[O-])c2)C1. The third-order valence-electron chi connectivity index (χ3n) is 3.48. The highest BCUT2D eigenvalue weighted by molar-refractivity contribution is 5.69. The van der Waals surface area contributed by atoms with Crippen molar-refractivity contribution in [3.63, 3.8) is 0 Å². The van der Waals surface area contributed by atoms with Gasteiger partial charge < -0.3 is 20.7 Å². The van der Waals surface area contributed by atoms with Crippen molar-refractivity contribution in [1.29, 1.82) is 0 Å². The number of anilines is 2. The molecule has 0 saturated carbocycles. The molecule has 1 atom stereocenters. The fraction of sp³-hybridized carbons (Fsp3) is 0.533. The van der Waals surface area contributed by atoms with E-state index in [2.05, 4.69) is 5.32 Å². The Morgan fingerprint density at radius 1 is 1.48 bits per heavy atom. The van der Waals surface area contributed by atoms with Gasteiger partial charge in [0.15, 0.2) is 0 Å². The maximum Gasteiger partial charge on any atom is 0.407 e. The second kappa shape index (κ2) is 6.31. The summed E-state index contributed by atoms with van der Waals surface area (Å²) in [4.78, 5) is 24.2. The minimum absolute atomic E-state index is 0.0542. The fourth-order valence-corrected chi connectivity index (χ4v) is 2.47. The summed E-state index contributed by atoms with van der Waals surface area (Å²) < 4.78 is 5.23. The van der Waals surface area contributed by atoms with Gasteiger partial charge in [-0.3, -0.25) is 10.1 Å². The first-order valence-electron chi connectivity index (χ1n) is 7.44. The monoisotopic (exact) mass is 322 g/mol. The van der Waals surface area contributed by atoms with E-state index >= 15 is 0 Å². The number of hydrogen-bond acceptors (Lipinski definition) is 6. The normalized spacial score (nSPS) is 17.9. The number of benzene rings is 1. The number of nitrogens with two attached hydrogens (primary N) is 1. The van der Waals surface area contributed by atoms with Crippen molar-refractivity contribution >= 4 is 23.2 Å². The molecule has 1 aliphatic heterocycles. The van der Waals surface area contributed by atoms with Gasteiger partial charge in [-0.1, -0.05) is 0 Å². The molecule has 8 heteroatoms. The van der Waals surface area contributed by atoms with Gasteiger partial charge in [-0.2, -0.15) is 0 Å². The van der Waals surface area contributed by atoms with Crippen LogP contribution in [0.3, 0.4) is 0 Å². The van der Waals surface area contributed by atoms with Crippen LogP contribution in [-0.4, -0.2) is 35.7 Å². The number of nitrogens with zero attached hydrogens (tertiary/aromatic N) is 2. The smallest absolute Gasteiger partial charge is 0.407 e. The molecule has 2 rings (SSSR count). The van der Waals surface area contributed by atoms with Crippen molar-refractivity contribution in [3.05, 3.63) is 28.3 Å². The molecule has 0 spiro atoms. The Kier molecular flexibility index (Phi) is 4.63. The first kappa shape index (κ1) is 16.9. The zero-order valence-corrected chi connectivity index (χ0v) is 13.5. The number of amides is 1. The van der Waals surface area contributed by atoms with E-state index in [1.165, 1.54) is 12.1 Å². The molecule has 1 saturated heterocycles. The zero-order valence-electron chi connectivity index (χ0n) is 13.5. The molecule has 23 heavy (non-hydrogen) atoms. The molecule has 8 nitrogen and oxygen atoms in total. The lowest BCUT2D eigenvalue weighted by Crippen LogP contribution is -2.40. The number of nitro groups is 1. The largest absolute Gasteiger partial charge is 0.444 e. The lowest BCUT2D eigenvalue weighted by Gasteiger charge is -2.22. The van der Waals surface area contributed by atoms with Crippen LogP contribution in [0.2, 0.25) is 0 Å². The van der Waals surface area contributed by atoms with Crippen LogP contribution in [0.15, 0.2) is 18.2 Å². The van der Waals surface area contributed by atoms with Crippen LogP contribution < -0.4 is 16.0 Å². The van der Waals surface area contributed by atoms with Crippen LogP contribution in [0.5, 0.6) is 0 Å². The van der Waals surface area contributed by atoms with E-state index in [0.29, 0.717) is 13.1 Å². The summed E-state index contributed by atoms with van der Waals surface area (Å²) in [5.41, 5.74) is 5.82. The number of hydrogen-bond donors (Lipinski definition) is 2. The maximum atomic E-state index is 11.8. The first-order chi connectivity index (χ1) is 10.7. The highest BCUT2D eigenvalue weighted by atomic mass is 16.6. The molecule has 0 bridgehead atoms. The first-order valence-corrected chi connectivity index (χ1v) is 7.44. The van der Waals surface area contributed by atoms with Gasteiger partial charge in [0.1, 0.15) is 11.3 Å². The Balaban J connectivity index is 1.99. The molecule has 0 unspecified atom stereocenters. The number of rotatable bonds is 3. The van der Waals surface area contributed by atoms with E-state index in [0.717, 1.165) is 12.1 Å². The number of nitrogens with one attached hydrogen (secondary N) is 1. The summed E-state index contributed by atoms with van der Waals surface area (Å²) in [5.74, 6) is 0. The van der Waals surface area contributed by atoms with Crippen molar-refractivity contribution in [2.75, 3.05) is 23.7 Å². The molecular formula is C15H22N4O4. The molecule has 1 heterocycles. The highest BCUT2D eigenvalue weighted by Crippen LogP contribution is 2.29. The average molecular weight is 322 g/mol. The summed E-state index contributed by atoms with van der Waals surface area (Å²) in [6.07, 6.45) is 0.296. The van der Waals surface area contributed by atoms with E-state index in [4.69, 9.17) is 10.5 Å². The number of nitrogen functional groups attached to an aromatic ring is 1. The Hall–Kier alpha value is -2.51. The molecule has 0 aliphatic carbocycles. The van der Waals surface area contributed by atoms with E-state index < -0.39 is 16.6 Å². The predicted octanol–water partition coefficient (Wildman–Crippen LogP) is 2.28. The van der Waals surface area contributed by atoms with Crippen molar-refractivity contribution < 1.29 is 14.5 Å². The number of alkyl carbamates (subject to hydrolysis) is 1. The van der Waals surface area contributed by atoms with Gasteiger partial charge in [-0.15, -0.1) is 0 Å². The Morgan fingerprint density at radius 3 is 2.78 bits per heavy atom. The molecule has 1 amide bonds. The van der Waals surface area contributed by atoms with Crippen LogP contribution in [0.25, 0.3) is 0 Å². The molecule has 0 radical (unpaired) electrons. The average Bonchev–Trinajstić information content (AvgIpc) is 2.84. The highest BCUT2D eigenvalue weighted by Gasteiger charge is 2.27. The molecule has 126 valence electrons. The lowest BCUT2D eigenvalue weighted by atomic mass is 10.2. The molecule has 1 fully saturated rings. The third-order valence-corrected chi connectivity index (χ3v) is 3.48. The predicted molar refractivity (Wildman–Crippen MR) is 87.5 cm³/mol. The van der Waals surface area contributed by atoms with Crippen LogP contribution in [0, 0.1) is 10.1 Å². The maximum absolute atomic E-state index is 11.8. The minimum atomic E-state index is -0.542. The van der Waals surface area contributed by atoms with Gasteiger partial charge in [0.25, 0.3) is 5.69 Å².